The van der Waals surface area contributed by atoms with Crippen molar-refractivity contribution in [3.8, 4) is 11.5 Å². The normalized spacial score (nSPS) is 27.8. The highest BCUT2D eigenvalue weighted by Gasteiger charge is 2.59. The number of carbonyl (C=O) groups is 4. The van der Waals surface area contributed by atoms with E-state index in [1.165, 1.54) is 4.90 Å². The van der Waals surface area contributed by atoms with E-state index in [1.807, 2.05) is 19.1 Å². The zero-order chi connectivity index (χ0) is 25.8. The molecule has 3 fully saturated rings. The molecule has 190 valence electrons. The summed E-state index contributed by atoms with van der Waals surface area (Å²) in [5.41, 5.74) is 1.83. The molecular weight excluding hydrogens is 472 g/mol. The lowest BCUT2D eigenvalue weighted by molar-refractivity contribution is -0.139. The van der Waals surface area contributed by atoms with Gasteiger partial charge in [-0.05, 0) is 68.0 Å². The van der Waals surface area contributed by atoms with Gasteiger partial charge in [0.05, 0.1) is 35.7 Å². The molecule has 6 rings (SSSR count). The molecule has 0 aromatic heterocycles. The molecule has 2 aromatic carbocycles. The number of nitrogens with zero attached hydrogens (tertiary/aromatic N) is 2. The highest BCUT2D eigenvalue weighted by atomic mass is 16.5. The van der Waals surface area contributed by atoms with Gasteiger partial charge in [-0.15, -0.1) is 0 Å². The molecule has 0 radical (unpaired) electrons. The summed E-state index contributed by atoms with van der Waals surface area (Å²) in [6, 6.07) is 12.2. The molecular formula is C29H28N2O6. The molecule has 5 atom stereocenters. The number of amides is 3. The summed E-state index contributed by atoms with van der Waals surface area (Å²) in [5.74, 6) is -0.907. The lowest BCUT2D eigenvalue weighted by Crippen LogP contribution is -2.33. The van der Waals surface area contributed by atoms with Crippen molar-refractivity contribution < 1.29 is 28.7 Å². The van der Waals surface area contributed by atoms with Gasteiger partial charge < -0.3 is 14.4 Å². The SMILES string of the molecule is CCOc1ccccc1N1C[C@H](C(=O)Oc2ccc(N3C(=O)[C@@H]4[C@@H](C3=O)[C@H]3C=C[C@H]4C3)c(C)c2)CC1=O. The van der Waals surface area contributed by atoms with E-state index < -0.39 is 11.9 Å². The first kappa shape index (κ1) is 23.5. The number of para-hydroxylation sites is 2. The topological polar surface area (TPSA) is 93.2 Å². The Morgan fingerprint density at radius 3 is 2.35 bits per heavy atom. The molecule has 2 heterocycles. The van der Waals surface area contributed by atoms with E-state index in [1.54, 1.807) is 42.2 Å². The largest absolute Gasteiger partial charge is 0.492 e. The van der Waals surface area contributed by atoms with Crippen molar-refractivity contribution in [1.82, 2.24) is 0 Å². The monoisotopic (exact) mass is 500 g/mol. The van der Waals surface area contributed by atoms with Gasteiger partial charge in [0.15, 0.2) is 0 Å². The number of fused-ring (bicyclic) bond motifs is 5. The molecule has 2 aromatic rings. The maximum absolute atomic E-state index is 13.2. The van der Waals surface area contributed by atoms with Gasteiger partial charge in [-0.1, -0.05) is 24.3 Å². The predicted octanol–water partition coefficient (Wildman–Crippen LogP) is 3.66. The van der Waals surface area contributed by atoms with Crippen LogP contribution < -0.4 is 19.3 Å². The van der Waals surface area contributed by atoms with E-state index in [0.717, 1.165) is 6.42 Å². The Kier molecular flexibility index (Phi) is 5.62. The van der Waals surface area contributed by atoms with E-state index in [4.69, 9.17) is 9.47 Å². The first-order valence-corrected chi connectivity index (χ1v) is 12.8. The van der Waals surface area contributed by atoms with Gasteiger partial charge in [-0.2, -0.15) is 0 Å². The quantitative estimate of drug-likeness (QED) is 0.260. The summed E-state index contributed by atoms with van der Waals surface area (Å²) >= 11 is 0. The number of aryl methyl sites for hydroxylation is 1. The molecule has 1 saturated carbocycles. The molecule has 2 bridgehead atoms. The number of hydrogen-bond donors (Lipinski definition) is 0. The minimum atomic E-state index is -0.619. The number of benzene rings is 2. The van der Waals surface area contributed by atoms with Crippen LogP contribution in [0.1, 0.15) is 25.3 Å². The van der Waals surface area contributed by atoms with Gasteiger partial charge in [-0.25, -0.2) is 4.90 Å². The Labute approximate surface area is 214 Å². The van der Waals surface area contributed by atoms with Crippen LogP contribution in [0.25, 0.3) is 0 Å². The summed E-state index contributed by atoms with van der Waals surface area (Å²) in [7, 11) is 0. The van der Waals surface area contributed by atoms with Crippen molar-refractivity contribution in [1.29, 1.82) is 0 Å². The number of imide groups is 1. The van der Waals surface area contributed by atoms with Gasteiger partial charge in [0.25, 0.3) is 0 Å². The van der Waals surface area contributed by atoms with E-state index in [0.29, 0.717) is 35.0 Å². The van der Waals surface area contributed by atoms with E-state index in [9.17, 15) is 19.2 Å². The lowest BCUT2D eigenvalue weighted by atomic mass is 9.85. The van der Waals surface area contributed by atoms with Gasteiger partial charge >= 0.3 is 5.97 Å². The Hall–Kier alpha value is -3.94. The predicted molar refractivity (Wildman–Crippen MR) is 135 cm³/mol. The molecule has 2 aliphatic heterocycles. The molecule has 2 saturated heterocycles. The molecule has 0 spiro atoms. The van der Waals surface area contributed by atoms with E-state index in [2.05, 4.69) is 12.2 Å². The second-order valence-electron chi connectivity index (χ2n) is 10.2. The van der Waals surface area contributed by atoms with Crippen LogP contribution in [0.5, 0.6) is 11.5 Å². The molecule has 0 unspecified atom stereocenters. The van der Waals surface area contributed by atoms with Crippen LogP contribution in [0, 0.1) is 36.5 Å². The average molecular weight is 501 g/mol. The maximum atomic E-state index is 13.2. The van der Waals surface area contributed by atoms with Crippen molar-refractivity contribution in [3.63, 3.8) is 0 Å². The third kappa shape index (κ3) is 3.74. The third-order valence-corrected chi connectivity index (χ3v) is 8.01. The standard InChI is InChI=1S/C29H28N2O6/c1-3-36-23-7-5-4-6-22(23)30-15-19(14-24(30)32)29(35)37-20-10-11-21(16(2)12-20)31-27(33)25-17-8-9-18(13-17)26(25)28(31)34/h4-12,17-19,25-26H,3,13-15H2,1-2H3/t17-,18-,19+,25-,26-/m0/s1. The third-order valence-electron chi connectivity index (χ3n) is 8.01. The number of ether oxygens (including phenoxy) is 2. The van der Waals surface area contributed by atoms with Gasteiger partial charge in [0.2, 0.25) is 17.7 Å². The average Bonchev–Trinajstić information content (AvgIpc) is 3.64. The van der Waals surface area contributed by atoms with Crippen LogP contribution in [-0.2, 0) is 19.2 Å². The first-order valence-electron chi connectivity index (χ1n) is 12.8. The molecule has 37 heavy (non-hydrogen) atoms. The summed E-state index contributed by atoms with van der Waals surface area (Å²) in [5, 5.41) is 0. The highest BCUT2D eigenvalue weighted by molar-refractivity contribution is 6.23. The Balaban J connectivity index is 1.15. The summed E-state index contributed by atoms with van der Waals surface area (Å²) in [4.78, 5) is 54.9. The van der Waals surface area contributed by atoms with Crippen molar-refractivity contribution in [3.05, 3.63) is 60.2 Å². The first-order chi connectivity index (χ1) is 17.9. The fourth-order valence-electron chi connectivity index (χ4n) is 6.34. The summed E-state index contributed by atoms with van der Waals surface area (Å²) < 4.78 is 11.3. The zero-order valence-electron chi connectivity index (χ0n) is 20.8. The van der Waals surface area contributed by atoms with Crippen molar-refractivity contribution in [2.24, 2.45) is 29.6 Å². The van der Waals surface area contributed by atoms with Crippen molar-refractivity contribution >= 4 is 35.1 Å². The van der Waals surface area contributed by atoms with Crippen LogP contribution in [0.4, 0.5) is 11.4 Å². The van der Waals surface area contributed by atoms with Crippen molar-refractivity contribution in [2.45, 2.75) is 26.7 Å². The molecule has 4 aliphatic rings. The van der Waals surface area contributed by atoms with Crippen LogP contribution in [0.15, 0.2) is 54.6 Å². The van der Waals surface area contributed by atoms with Gasteiger partial charge in [0, 0.05) is 13.0 Å². The summed E-state index contributed by atoms with van der Waals surface area (Å²) in [6.45, 7) is 4.33. The fraction of sp³-hybridized carbons (Fsp3) is 0.379. The van der Waals surface area contributed by atoms with Gasteiger partial charge in [0.1, 0.15) is 11.5 Å². The van der Waals surface area contributed by atoms with Crippen molar-refractivity contribution in [2.75, 3.05) is 23.0 Å². The molecule has 2 aliphatic carbocycles. The molecule has 0 N–H and O–H groups in total. The highest BCUT2D eigenvalue weighted by Crippen LogP contribution is 2.53. The maximum Gasteiger partial charge on any atom is 0.316 e. The lowest BCUT2D eigenvalue weighted by Gasteiger charge is -2.20. The minimum absolute atomic E-state index is 0.0479. The second-order valence-corrected chi connectivity index (χ2v) is 10.2. The molecule has 8 nitrogen and oxygen atoms in total. The Bertz CT molecular complexity index is 1320. The number of rotatable bonds is 6. The van der Waals surface area contributed by atoms with Crippen LogP contribution >= 0.6 is 0 Å². The molecule has 3 amide bonds. The fourth-order valence-corrected chi connectivity index (χ4v) is 6.34. The smallest absolute Gasteiger partial charge is 0.316 e. The number of esters is 1. The number of carbonyl (C=O) groups excluding carboxylic acids is 4. The summed E-state index contributed by atoms with van der Waals surface area (Å²) in [6.07, 6.45) is 5.07. The Morgan fingerprint density at radius 2 is 1.68 bits per heavy atom. The number of allylic oxidation sites excluding steroid dienone is 2. The van der Waals surface area contributed by atoms with Crippen LogP contribution in [0.2, 0.25) is 0 Å². The Morgan fingerprint density at radius 1 is 0.973 bits per heavy atom. The number of anilines is 2. The van der Waals surface area contributed by atoms with E-state index >= 15 is 0 Å². The molecule has 8 heteroatoms. The minimum Gasteiger partial charge on any atom is -0.492 e. The van der Waals surface area contributed by atoms with Crippen LogP contribution in [0.3, 0.4) is 0 Å². The zero-order valence-corrected chi connectivity index (χ0v) is 20.8. The van der Waals surface area contributed by atoms with Gasteiger partial charge in [-0.3, -0.25) is 19.2 Å². The number of hydrogen-bond acceptors (Lipinski definition) is 6. The second kappa shape index (κ2) is 8.87. The van der Waals surface area contributed by atoms with E-state index in [-0.39, 0.29) is 54.4 Å². The van der Waals surface area contributed by atoms with Crippen LogP contribution in [-0.4, -0.2) is 36.8 Å².